The van der Waals surface area contributed by atoms with Gasteiger partial charge in [-0.1, -0.05) is 44.2 Å². The van der Waals surface area contributed by atoms with Gasteiger partial charge in [0.05, 0.1) is 17.9 Å². The maximum absolute atomic E-state index is 11.4. The van der Waals surface area contributed by atoms with E-state index in [-0.39, 0.29) is 11.6 Å². The number of carboxylic acids is 1. The molecule has 0 aliphatic heterocycles. The predicted octanol–water partition coefficient (Wildman–Crippen LogP) is 3.61. The molecule has 100 valence electrons. The summed E-state index contributed by atoms with van der Waals surface area (Å²) in [7, 11) is 0. The summed E-state index contributed by atoms with van der Waals surface area (Å²) in [6.45, 7) is 4.18. The van der Waals surface area contributed by atoms with Crippen LogP contribution >= 0.6 is 0 Å². The largest absolute Gasteiger partial charge is 0.478 e. The lowest BCUT2D eigenvalue weighted by Crippen LogP contribution is -2.11. The van der Waals surface area contributed by atoms with Crippen LogP contribution in [-0.2, 0) is 0 Å². The Morgan fingerprint density at radius 2 is 1.89 bits per heavy atom. The highest BCUT2D eigenvalue weighted by molar-refractivity contribution is 5.94. The van der Waals surface area contributed by atoms with Crippen molar-refractivity contribution in [3.63, 3.8) is 0 Å². The summed E-state index contributed by atoms with van der Waals surface area (Å²) in [5, 5.41) is 13.6. The standard InChI is InChI=1S/C15H18N2O2/c1-3-12(4-2)17-14(11-8-6-5-7-9-11)13(10-16-17)15(18)19/h5-10,12H,3-4H2,1-2H3,(H,18,19). The molecule has 0 aliphatic carbocycles. The Labute approximate surface area is 112 Å². The first kappa shape index (κ1) is 13.3. The number of hydrogen-bond acceptors (Lipinski definition) is 2. The van der Waals surface area contributed by atoms with E-state index in [1.54, 1.807) is 0 Å². The zero-order chi connectivity index (χ0) is 13.8. The van der Waals surface area contributed by atoms with Crippen LogP contribution in [0.3, 0.4) is 0 Å². The molecule has 0 amide bonds. The van der Waals surface area contributed by atoms with Gasteiger partial charge in [0.25, 0.3) is 0 Å². The number of aromatic carboxylic acids is 1. The van der Waals surface area contributed by atoms with Gasteiger partial charge in [0.15, 0.2) is 0 Å². The van der Waals surface area contributed by atoms with Crippen LogP contribution in [0, 0.1) is 0 Å². The van der Waals surface area contributed by atoms with Gasteiger partial charge in [-0.15, -0.1) is 0 Å². The van der Waals surface area contributed by atoms with Crippen molar-refractivity contribution in [3.8, 4) is 11.3 Å². The predicted molar refractivity (Wildman–Crippen MR) is 74.2 cm³/mol. The summed E-state index contributed by atoms with van der Waals surface area (Å²) >= 11 is 0. The lowest BCUT2D eigenvalue weighted by molar-refractivity contribution is 0.0697. The van der Waals surface area contributed by atoms with Crippen molar-refractivity contribution in [1.29, 1.82) is 0 Å². The Morgan fingerprint density at radius 3 is 2.42 bits per heavy atom. The quantitative estimate of drug-likeness (QED) is 0.891. The van der Waals surface area contributed by atoms with Crippen molar-refractivity contribution in [3.05, 3.63) is 42.1 Å². The van der Waals surface area contributed by atoms with Gasteiger partial charge in [-0.25, -0.2) is 4.79 Å². The first-order chi connectivity index (χ1) is 9.19. The Kier molecular flexibility index (Phi) is 4.00. The Morgan fingerprint density at radius 1 is 1.26 bits per heavy atom. The highest BCUT2D eigenvalue weighted by Gasteiger charge is 2.21. The number of hydrogen-bond donors (Lipinski definition) is 1. The highest BCUT2D eigenvalue weighted by atomic mass is 16.4. The van der Waals surface area contributed by atoms with Crippen molar-refractivity contribution in [2.45, 2.75) is 32.7 Å². The molecule has 0 spiro atoms. The molecule has 1 N–H and O–H groups in total. The number of carbonyl (C=O) groups is 1. The first-order valence-corrected chi connectivity index (χ1v) is 6.55. The van der Waals surface area contributed by atoms with Crippen LogP contribution in [0.15, 0.2) is 36.5 Å². The second-order valence-corrected chi connectivity index (χ2v) is 4.49. The number of benzene rings is 1. The van der Waals surface area contributed by atoms with Gasteiger partial charge in [-0.3, -0.25) is 4.68 Å². The fourth-order valence-corrected chi connectivity index (χ4v) is 2.31. The molecule has 4 heteroatoms. The molecule has 4 nitrogen and oxygen atoms in total. The molecule has 0 saturated heterocycles. The van der Waals surface area contributed by atoms with E-state index >= 15 is 0 Å². The van der Waals surface area contributed by atoms with Gasteiger partial charge in [-0.05, 0) is 12.8 Å². The molecule has 1 aromatic carbocycles. The number of nitrogens with zero attached hydrogens (tertiary/aromatic N) is 2. The molecule has 0 bridgehead atoms. The molecular weight excluding hydrogens is 240 g/mol. The number of carboxylic acid groups (broad SMARTS) is 1. The molecule has 0 radical (unpaired) electrons. The molecule has 0 fully saturated rings. The molecule has 2 aromatic rings. The van der Waals surface area contributed by atoms with E-state index in [4.69, 9.17) is 0 Å². The van der Waals surface area contributed by atoms with Gasteiger partial charge < -0.3 is 5.11 Å². The molecule has 0 unspecified atom stereocenters. The van der Waals surface area contributed by atoms with E-state index < -0.39 is 5.97 Å². The highest BCUT2D eigenvalue weighted by Crippen LogP contribution is 2.28. The maximum Gasteiger partial charge on any atom is 0.339 e. The third kappa shape index (κ3) is 2.52. The van der Waals surface area contributed by atoms with Crippen LogP contribution < -0.4 is 0 Å². The minimum Gasteiger partial charge on any atom is -0.478 e. The molecule has 0 atom stereocenters. The van der Waals surface area contributed by atoms with E-state index in [2.05, 4.69) is 18.9 Å². The summed E-state index contributed by atoms with van der Waals surface area (Å²) in [5.41, 5.74) is 1.85. The van der Waals surface area contributed by atoms with Crippen LogP contribution in [0.25, 0.3) is 11.3 Å². The van der Waals surface area contributed by atoms with Gasteiger partial charge in [0.2, 0.25) is 0 Å². The number of aromatic nitrogens is 2. The van der Waals surface area contributed by atoms with Crippen LogP contribution in [0.2, 0.25) is 0 Å². The summed E-state index contributed by atoms with van der Waals surface area (Å²) < 4.78 is 1.85. The second kappa shape index (κ2) is 5.69. The first-order valence-electron chi connectivity index (χ1n) is 6.55. The van der Waals surface area contributed by atoms with Crippen molar-refractivity contribution in [2.24, 2.45) is 0 Å². The lowest BCUT2D eigenvalue weighted by Gasteiger charge is -2.17. The van der Waals surface area contributed by atoms with Gasteiger partial charge >= 0.3 is 5.97 Å². The van der Waals surface area contributed by atoms with Crippen LogP contribution in [0.4, 0.5) is 0 Å². The zero-order valence-electron chi connectivity index (χ0n) is 11.2. The number of rotatable bonds is 5. The smallest absolute Gasteiger partial charge is 0.339 e. The third-order valence-electron chi connectivity index (χ3n) is 3.36. The molecule has 0 aliphatic rings. The van der Waals surface area contributed by atoms with Crippen molar-refractivity contribution < 1.29 is 9.90 Å². The summed E-state index contributed by atoms with van der Waals surface area (Å²) in [4.78, 5) is 11.4. The van der Waals surface area contributed by atoms with E-state index in [1.165, 1.54) is 6.20 Å². The maximum atomic E-state index is 11.4. The average Bonchev–Trinajstić information content (AvgIpc) is 2.86. The summed E-state index contributed by atoms with van der Waals surface area (Å²) in [5.74, 6) is -0.934. The topological polar surface area (TPSA) is 55.1 Å². The lowest BCUT2D eigenvalue weighted by atomic mass is 10.1. The molecule has 1 heterocycles. The normalized spacial score (nSPS) is 10.9. The van der Waals surface area contributed by atoms with E-state index in [0.29, 0.717) is 5.69 Å². The Balaban J connectivity index is 2.61. The van der Waals surface area contributed by atoms with Crippen LogP contribution in [0.1, 0.15) is 43.1 Å². The second-order valence-electron chi connectivity index (χ2n) is 4.49. The fourth-order valence-electron chi connectivity index (χ4n) is 2.31. The van der Waals surface area contributed by atoms with Gasteiger partial charge in [0.1, 0.15) is 5.56 Å². The van der Waals surface area contributed by atoms with Gasteiger partial charge in [-0.2, -0.15) is 5.10 Å². The zero-order valence-corrected chi connectivity index (χ0v) is 11.2. The van der Waals surface area contributed by atoms with Crippen molar-refractivity contribution in [2.75, 3.05) is 0 Å². The van der Waals surface area contributed by atoms with Crippen molar-refractivity contribution in [1.82, 2.24) is 9.78 Å². The monoisotopic (exact) mass is 258 g/mol. The molecule has 0 saturated carbocycles. The fraction of sp³-hybridized carbons (Fsp3) is 0.333. The minimum absolute atomic E-state index is 0.225. The van der Waals surface area contributed by atoms with Crippen LogP contribution in [0.5, 0.6) is 0 Å². The molecule has 19 heavy (non-hydrogen) atoms. The van der Waals surface area contributed by atoms with Crippen LogP contribution in [-0.4, -0.2) is 20.9 Å². The molecule has 1 aromatic heterocycles. The van der Waals surface area contributed by atoms with E-state index in [0.717, 1.165) is 18.4 Å². The SMILES string of the molecule is CCC(CC)n1ncc(C(=O)O)c1-c1ccccc1. The van der Waals surface area contributed by atoms with Crippen molar-refractivity contribution >= 4 is 5.97 Å². The molecular formula is C15H18N2O2. The Hall–Kier alpha value is -2.10. The van der Waals surface area contributed by atoms with E-state index in [1.807, 2.05) is 35.0 Å². The minimum atomic E-state index is -0.934. The summed E-state index contributed by atoms with van der Waals surface area (Å²) in [6, 6.07) is 9.80. The Bertz CT molecular complexity index is 557. The van der Waals surface area contributed by atoms with Gasteiger partial charge in [0, 0.05) is 5.56 Å². The summed E-state index contributed by atoms with van der Waals surface area (Å²) in [6.07, 6.45) is 3.30. The average molecular weight is 258 g/mol. The third-order valence-corrected chi connectivity index (χ3v) is 3.36. The molecule has 2 rings (SSSR count). The van der Waals surface area contributed by atoms with E-state index in [9.17, 15) is 9.90 Å².